The second-order valence-electron chi connectivity index (χ2n) is 17.1. The van der Waals surface area contributed by atoms with E-state index in [1.54, 1.807) is 0 Å². The molecule has 0 amide bonds. The van der Waals surface area contributed by atoms with Gasteiger partial charge in [0.1, 0.15) is 10.1 Å². The first-order chi connectivity index (χ1) is 29.3. The Labute approximate surface area is 397 Å². The van der Waals surface area contributed by atoms with Crippen LogP contribution in [0, 0.1) is 0 Å². The summed E-state index contributed by atoms with van der Waals surface area (Å²) in [7, 11) is -5.02. The average molecular weight is 881 g/mol. The Balaban J connectivity index is 0.0000360. The molecule has 61 heavy (non-hydrogen) atoms. The third-order valence-electron chi connectivity index (χ3n) is 11.5. The van der Waals surface area contributed by atoms with Crippen LogP contribution in [-0.2, 0) is 19.6 Å². The van der Waals surface area contributed by atoms with E-state index < -0.39 is 32.5 Å². The van der Waals surface area contributed by atoms with Gasteiger partial charge in [0.05, 0.1) is 29.2 Å². The summed E-state index contributed by atoms with van der Waals surface area (Å²) in [5.41, 5.74) is -0.785. The summed E-state index contributed by atoms with van der Waals surface area (Å²) in [4.78, 5) is 25.3. The van der Waals surface area contributed by atoms with Gasteiger partial charge in [0.15, 0.2) is 0 Å². The van der Waals surface area contributed by atoms with Crippen molar-refractivity contribution >= 4 is 22.1 Å². The molecule has 0 radical (unpaired) electrons. The Morgan fingerprint density at radius 2 is 0.754 bits per heavy atom. The van der Waals surface area contributed by atoms with Crippen molar-refractivity contribution in [1.82, 2.24) is 0 Å². The molecule has 346 valence electrons. The Morgan fingerprint density at radius 1 is 0.459 bits per heavy atom. The molecule has 0 aliphatic heterocycles. The van der Waals surface area contributed by atoms with E-state index in [9.17, 15) is 22.6 Å². The van der Waals surface area contributed by atoms with Gasteiger partial charge < -0.3 is 14.0 Å². The van der Waals surface area contributed by atoms with E-state index in [-0.39, 0.29) is 48.3 Å². The third kappa shape index (κ3) is 35.6. The summed E-state index contributed by atoms with van der Waals surface area (Å²) in [5.74, 6) is -1.82. The van der Waals surface area contributed by atoms with Gasteiger partial charge >= 0.3 is 41.5 Å². The van der Waals surface area contributed by atoms with E-state index in [2.05, 4.69) is 38.2 Å². The smallest absolute Gasteiger partial charge is 0.744 e. The molecule has 0 fully saturated rings. The molecule has 0 spiro atoms. The van der Waals surface area contributed by atoms with E-state index in [1.807, 2.05) is 0 Å². The van der Waals surface area contributed by atoms with Gasteiger partial charge in [-0.15, -0.1) is 0 Å². The van der Waals surface area contributed by atoms with Gasteiger partial charge in [-0.05, 0) is 76.3 Å². The zero-order chi connectivity index (χ0) is 43.6. The standard InChI is InChI=1S/C52H90O7S.Na/c1-3-5-7-9-11-13-15-17-19-21-23-25-27-29-31-33-35-37-39-41-46-58-51(53)48-44-43-45-49(60(55,56)57)50(48)52(54)59-47-42-40-38-36-34-32-30-28-26-24-22-20-18-16-14-12-10-8-6-4-2;/h25-28,43-45H,3-24,29-42,46-47H2,1-2H3,(H,55,56,57);/q;+1/p-1/b27-25+,28-26+;. The minimum atomic E-state index is -5.02. The summed E-state index contributed by atoms with van der Waals surface area (Å²) in [6.07, 6.45) is 53.3. The van der Waals surface area contributed by atoms with Gasteiger partial charge in [0.25, 0.3) is 0 Å². The normalized spacial score (nSPS) is 11.7. The van der Waals surface area contributed by atoms with Crippen LogP contribution in [0.25, 0.3) is 0 Å². The number of esters is 2. The van der Waals surface area contributed by atoms with Gasteiger partial charge in [-0.1, -0.05) is 211 Å². The molecule has 0 N–H and O–H groups in total. The molecule has 0 aromatic heterocycles. The Kier molecular flexibility index (Phi) is 42.7. The molecule has 0 unspecified atom stereocenters. The third-order valence-corrected chi connectivity index (χ3v) is 12.4. The molecule has 0 saturated heterocycles. The van der Waals surface area contributed by atoms with Crippen molar-refractivity contribution in [3.05, 3.63) is 53.6 Å². The van der Waals surface area contributed by atoms with Crippen LogP contribution >= 0.6 is 0 Å². The summed E-state index contributed by atoms with van der Waals surface area (Å²) in [5, 5.41) is 0. The van der Waals surface area contributed by atoms with E-state index >= 15 is 0 Å². The van der Waals surface area contributed by atoms with Gasteiger partial charge in [0, 0.05) is 0 Å². The fourth-order valence-electron chi connectivity index (χ4n) is 7.71. The first-order valence-electron chi connectivity index (χ1n) is 25.1. The first kappa shape index (κ1) is 59.5. The zero-order valence-electron chi connectivity index (χ0n) is 39.7. The molecule has 0 saturated carbocycles. The molecule has 9 heteroatoms. The number of allylic oxidation sites excluding steroid dienone is 4. The largest absolute Gasteiger partial charge is 1.00 e. The summed E-state index contributed by atoms with van der Waals surface area (Å²) >= 11 is 0. The van der Waals surface area contributed by atoms with Crippen LogP contribution in [0.15, 0.2) is 47.4 Å². The SMILES string of the molecule is CCCCCCCCCCCC/C=C/CCCCCCCCOC(=O)c1cccc(S(=O)(=O)[O-])c1C(=O)OCCCCCCCC/C=C/CCCCCCCCCCCC.[Na+]. The molecule has 0 atom stereocenters. The van der Waals surface area contributed by atoms with Gasteiger partial charge in [-0.25, -0.2) is 18.0 Å². The second-order valence-corrected chi connectivity index (χ2v) is 18.5. The number of carbonyl (C=O) groups is 2. The molecular weight excluding hydrogens is 792 g/mol. The number of carbonyl (C=O) groups excluding carboxylic acids is 2. The van der Waals surface area contributed by atoms with Crippen LogP contribution < -0.4 is 29.6 Å². The number of rotatable bonds is 43. The fourth-order valence-corrected chi connectivity index (χ4v) is 8.40. The van der Waals surface area contributed by atoms with Gasteiger partial charge in [0.2, 0.25) is 0 Å². The molecule has 0 aliphatic rings. The molecule has 0 aliphatic carbocycles. The Morgan fingerprint density at radius 3 is 1.08 bits per heavy atom. The number of benzene rings is 1. The zero-order valence-corrected chi connectivity index (χ0v) is 42.5. The second kappa shape index (κ2) is 43.8. The summed E-state index contributed by atoms with van der Waals surface area (Å²) in [6.45, 7) is 4.77. The average Bonchev–Trinajstić information content (AvgIpc) is 3.24. The van der Waals surface area contributed by atoms with E-state index in [4.69, 9.17) is 9.47 Å². The minimum absolute atomic E-state index is 0. The molecule has 1 aromatic rings. The first-order valence-corrected chi connectivity index (χ1v) is 26.5. The molecule has 0 heterocycles. The minimum Gasteiger partial charge on any atom is -0.744 e. The van der Waals surface area contributed by atoms with Gasteiger partial charge in [-0.2, -0.15) is 0 Å². The van der Waals surface area contributed by atoms with Crippen LogP contribution in [0.1, 0.15) is 266 Å². The molecular formula is C52H89NaO7S. The van der Waals surface area contributed by atoms with Crippen molar-refractivity contribution < 1.29 is 61.6 Å². The van der Waals surface area contributed by atoms with Crippen molar-refractivity contribution in [3.8, 4) is 0 Å². The van der Waals surface area contributed by atoms with Crippen molar-refractivity contribution in [2.45, 2.75) is 250 Å². The topological polar surface area (TPSA) is 110 Å². The predicted octanol–water partition coefficient (Wildman–Crippen LogP) is 13.1. The maximum absolute atomic E-state index is 13.1. The summed E-state index contributed by atoms with van der Waals surface area (Å²) < 4.78 is 46.9. The van der Waals surface area contributed by atoms with Crippen molar-refractivity contribution in [1.29, 1.82) is 0 Å². The monoisotopic (exact) mass is 881 g/mol. The number of hydrogen-bond acceptors (Lipinski definition) is 7. The Bertz CT molecular complexity index is 1340. The van der Waals surface area contributed by atoms with Crippen LogP contribution in [0.3, 0.4) is 0 Å². The van der Waals surface area contributed by atoms with Crippen LogP contribution in [0.4, 0.5) is 0 Å². The van der Waals surface area contributed by atoms with Crippen molar-refractivity contribution in [2.24, 2.45) is 0 Å². The van der Waals surface area contributed by atoms with Crippen LogP contribution in [-0.4, -0.2) is 38.1 Å². The number of unbranched alkanes of at least 4 members (excludes halogenated alkanes) is 32. The van der Waals surface area contributed by atoms with Crippen LogP contribution in [0.5, 0.6) is 0 Å². The summed E-state index contributed by atoms with van der Waals surface area (Å²) in [6, 6.07) is 3.63. The van der Waals surface area contributed by atoms with E-state index in [1.165, 1.54) is 173 Å². The van der Waals surface area contributed by atoms with E-state index in [0.29, 0.717) is 12.8 Å². The van der Waals surface area contributed by atoms with Crippen molar-refractivity contribution in [3.63, 3.8) is 0 Å². The van der Waals surface area contributed by atoms with Crippen LogP contribution in [0.2, 0.25) is 0 Å². The maximum atomic E-state index is 13.1. The maximum Gasteiger partial charge on any atom is 1.00 e. The molecule has 0 bridgehead atoms. The van der Waals surface area contributed by atoms with Crippen molar-refractivity contribution in [2.75, 3.05) is 13.2 Å². The van der Waals surface area contributed by atoms with Gasteiger partial charge in [-0.3, -0.25) is 0 Å². The molecule has 1 rings (SSSR count). The van der Waals surface area contributed by atoms with E-state index in [0.717, 1.165) is 63.9 Å². The molecule has 1 aromatic carbocycles. The predicted molar refractivity (Wildman–Crippen MR) is 251 cm³/mol. The molecule has 7 nitrogen and oxygen atoms in total. The number of hydrogen-bond donors (Lipinski definition) is 0. The quantitative estimate of drug-likeness (QED) is 0.0211. The Hall–Kier alpha value is -1.45. The number of ether oxygens (including phenoxy) is 2. The fraction of sp³-hybridized carbons (Fsp3) is 0.769.